The third-order valence-electron chi connectivity index (χ3n) is 26.8. The van der Waals surface area contributed by atoms with Gasteiger partial charge in [0, 0.05) is 83.9 Å². The molecule has 0 saturated carbocycles. The molecule has 0 radical (unpaired) electrons. The molecule has 28 rings (SSSR count). The Kier molecular flexibility index (Phi) is 17.9. The smallest absolute Gasteiger partial charge is 0.309 e. The summed E-state index contributed by atoms with van der Waals surface area (Å²) in [4.78, 5) is 4.23. The van der Waals surface area contributed by atoms with Crippen molar-refractivity contribution in [1.29, 1.82) is 0 Å². The number of aromatic nitrogens is 7. The predicted octanol–water partition coefficient (Wildman–Crippen LogP) is 32.2. The third-order valence-corrected chi connectivity index (χ3v) is 29.2. The van der Waals surface area contributed by atoms with E-state index in [1.165, 1.54) is 234 Å². The summed E-state index contributed by atoms with van der Waals surface area (Å²) in [6.45, 7) is 0. The van der Waals surface area contributed by atoms with Gasteiger partial charge in [-0.25, -0.2) is 0 Å². The first-order chi connectivity index (χ1) is 65.0. The molecule has 0 N–H and O–H groups in total. The minimum absolute atomic E-state index is 0.330. The maximum absolute atomic E-state index is 4.23. The van der Waals surface area contributed by atoms with Crippen LogP contribution in [0.25, 0.3) is 240 Å². The molecule has 612 valence electrons. The topological polar surface area (TPSA) is 42.5 Å². The Hall–Kier alpha value is -16.9. The Labute approximate surface area is 760 Å². The summed E-state index contributed by atoms with van der Waals surface area (Å²) in [5, 5.41) is 20.5. The quantitative estimate of drug-likeness (QED) is 0.126. The van der Waals surface area contributed by atoms with Gasteiger partial charge in [0.25, 0.3) is 0 Å². The first kappa shape index (κ1) is 75.5. The fourth-order valence-corrected chi connectivity index (χ4v) is 23.2. The Morgan fingerprint density at radius 3 is 0.725 bits per heavy atom. The summed E-state index contributed by atoms with van der Waals surface area (Å²) >= 11 is 0.330. The second-order valence-corrected chi connectivity index (χ2v) is 36.4. The molecule has 0 saturated heterocycles. The van der Waals surface area contributed by atoms with Crippen LogP contribution in [-0.2, 0) is 0 Å². The third kappa shape index (κ3) is 12.6. The molecular formula is C123H79N7Se. The Bertz CT molecular complexity index is 9410. The van der Waals surface area contributed by atoms with E-state index < -0.39 is 0 Å². The van der Waals surface area contributed by atoms with Crippen molar-refractivity contribution in [1.82, 2.24) is 32.4 Å². The molecule has 28 aromatic rings. The number of hydrogen-bond donors (Lipinski definition) is 0. The minimum atomic E-state index is 0.330. The number of rotatable bonds is 10. The zero-order chi connectivity index (χ0) is 86.1. The molecule has 8 aromatic heterocycles. The SMILES string of the molecule is c1ccc(-n2c3ccccc3c3cc(-c4ccc5c(c4)c4cc(-c6ccncc6)ccc4n5-c4ccccc4)ccc32)cc1.c1ccc(-n2c3ccccc3c3cc(-c4ccc5c(c4)c4ccccc4n5-c4ccc5c(c4)[se]c4ccccc45)ccc32)cc1.c1ccc(-n2c3ccccc3c3cc(-c4ccc5c(c4)c4ccccc4n5-c4ccc5ccccc5c4)ccc32)cc1. The molecule has 8 heteroatoms. The fraction of sp³-hybridized carbons (Fsp3) is 0. The van der Waals surface area contributed by atoms with E-state index in [4.69, 9.17) is 0 Å². The number of fused-ring (bicyclic) bond motifs is 22. The molecule has 7 nitrogen and oxygen atoms in total. The van der Waals surface area contributed by atoms with Crippen LogP contribution in [0.3, 0.4) is 0 Å². The van der Waals surface area contributed by atoms with Gasteiger partial charge in [0.15, 0.2) is 0 Å². The predicted molar refractivity (Wildman–Crippen MR) is 554 cm³/mol. The van der Waals surface area contributed by atoms with Crippen LogP contribution in [0.1, 0.15) is 0 Å². The first-order valence-corrected chi connectivity index (χ1v) is 46.5. The molecule has 0 amide bonds. The minimum Gasteiger partial charge on any atom is -0.309 e. The van der Waals surface area contributed by atoms with E-state index in [-0.39, 0.29) is 0 Å². The molecule has 0 spiro atoms. The Balaban J connectivity index is 0.000000103. The first-order valence-electron chi connectivity index (χ1n) is 44.8. The van der Waals surface area contributed by atoms with Gasteiger partial charge < -0.3 is 22.8 Å². The van der Waals surface area contributed by atoms with Crippen molar-refractivity contribution < 1.29 is 0 Å². The molecule has 8 heterocycles. The molecular weight excluding hydrogens is 1650 g/mol. The normalized spacial score (nSPS) is 11.8. The fourth-order valence-electron chi connectivity index (χ4n) is 20.8. The zero-order valence-electron chi connectivity index (χ0n) is 71.1. The second kappa shape index (κ2) is 31.0. The van der Waals surface area contributed by atoms with Gasteiger partial charge >= 0.3 is 196 Å². The van der Waals surface area contributed by atoms with Gasteiger partial charge in [-0.1, -0.05) is 206 Å². The van der Waals surface area contributed by atoms with Gasteiger partial charge in [-0.15, -0.1) is 0 Å². The van der Waals surface area contributed by atoms with Crippen LogP contribution < -0.4 is 0 Å². The van der Waals surface area contributed by atoms with Crippen molar-refractivity contribution in [2.24, 2.45) is 0 Å². The van der Waals surface area contributed by atoms with Crippen LogP contribution in [0.5, 0.6) is 0 Å². The summed E-state index contributed by atoms with van der Waals surface area (Å²) in [5.74, 6) is 0. The van der Waals surface area contributed by atoms with Crippen LogP contribution in [0.4, 0.5) is 0 Å². The van der Waals surface area contributed by atoms with Crippen LogP contribution in [0, 0.1) is 0 Å². The molecule has 131 heavy (non-hydrogen) atoms. The van der Waals surface area contributed by atoms with E-state index in [0.717, 1.165) is 5.69 Å². The van der Waals surface area contributed by atoms with E-state index in [0.29, 0.717) is 14.5 Å². The monoisotopic (exact) mass is 1730 g/mol. The number of nitrogens with zero attached hydrogens (tertiary/aromatic N) is 7. The summed E-state index contributed by atoms with van der Waals surface area (Å²) in [6.07, 6.45) is 3.71. The van der Waals surface area contributed by atoms with Crippen LogP contribution in [-0.4, -0.2) is 46.9 Å². The van der Waals surface area contributed by atoms with Gasteiger partial charge in [0.1, 0.15) is 0 Å². The Morgan fingerprint density at radius 2 is 0.382 bits per heavy atom. The van der Waals surface area contributed by atoms with Crippen LogP contribution in [0.2, 0.25) is 0 Å². The van der Waals surface area contributed by atoms with Gasteiger partial charge in [0.2, 0.25) is 0 Å². The van der Waals surface area contributed by atoms with Crippen molar-refractivity contribution in [3.8, 4) is 78.6 Å². The average molecular weight is 1730 g/mol. The average Bonchev–Trinajstić information content (AvgIpc) is 1.55. The van der Waals surface area contributed by atoms with E-state index in [9.17, 15) is 0 Å². The standard InChI is InChI=1S/C42H26N2Se.C41H27N3.C40H26N2/c1-2-10-29(11-3-1)43-37-15-7-4-12-31(37)35-24-27(18-22-39(35)43)28-19-23-40-36(25-28)32-13-5-8-16-38(32)44(40)30-20-21-34-33-14-6-9-17-41(33)45-42(34)26-30;1-3-9-32(10-4-1)43-38-14-8-7-13-34(38)35-26-30(16-19-39(35)43)31-17-20-41-37(27-31)36-25-29(28-21-23-42-24-22-28)15-18-40(36)44(41)33-11-5-2-6-12-33;1-2-12-31(13-3-1)41-37-16-8-6-14-33(37)35-25-29(19-22-39(35)41)30-20-23-40-36(26-30)34-15-7-9-17-38(34)42(40)32-21-18-27-10-4-5-11-28(27)24-32/h1-26H;1-27H;1-26H. The molecule has 20 aromatic carbocycles. The van der Waals surface area contributed by atoms with Crippen molar-refractivity contribution in [2.45, 2.75) is 0 Å². The van der Waals surface area contributed by atoms with Crippen molar-refractivity contribution >= 4 is 175 Å². The van der Waals surface area contributed by atoms with Gasteiger partial charge in [-0.05, 0) is 202 Å². The van der Waals surface area contributed by atoms with Crippen molar-refractivity contribution in [3.05, 3.63) is 480 Å². The summed E-state index contributed by atoms with van der Waals surface area (Å²) < 4.78 is 17.3. The maximum atomic E-state index is 4.23. The molecule has 0 atom stereocenters. The molecule has 0 aliphatic carbocycles. The van der Waals surface area contributed by atoms with Crippen molar-refractivity contribution in [3.63, 3.8) is 0 Å². The number of benzene rings is 20. The van der Waals surface area contributed by atoms with E-state index >= 15 is 0 Å². The van der Waals surface area contributed by atoms with Crippen LogP contribution in [0.15, 0.2) is 480 Å². The zero-order valence-corrected chi connectivity index (χ0v) is 72.9. The number of para-hydroxylation sites is 9. The number of hydrogen-bond acceptors (Lipinski definition) is 1. The molecule has 0 fully saturated rings. The van der Waals surface area contributed by atoms with E-state index in [1.807, 2.05) is 12.4 Å². The Morgan fingerprint density at radius 1 is 0.137 bits per heavy atom. The van der Waals surface area contributed by atoms with Gasteiger partial charge in [0.05, 0.1) is 49.7 Å². The molecule has 0 aliphatic rings. The van der Waals surface area contributed by atoms with E-state index in [2.05, 4.69) is 499 Å². The molecule has 0 bridgehead atoms. The molecule has 0 unspecified atom stereocenters. The second-order valence-electron chi connectivity index (χ2n) is 34.1. The summed E-state index contributed by atoms with van der Waals surface area (Å²) in [6, 6.07) is 170. The number of pyridine rings is 1. The van der Waals surface area contributed by atoms with Crippen molar-refractivity contribution in [2.75, 3.05) is 0 Å². The summed E-state index contributed by atoms with van der Waals surface area (Å²) in [5.41, 5.74) is 31.5. The van der Waals surface area contributed by atoms with Crippen LogP contribution >= 0.6 is 0 Å². The van der Waals surface area contributed by atoms with Gasteiger partial charge in [-0.2, -0.15) is 0 Å². The van der Waals surface area contributed by atoms with E-state index in [1.54, 1.807) is 0 Å². The van der Waals surface area contributed by atoms with Gasteiger partial charge in [-0.3, -0.25) is 4.98 Å². The molecule has 0 aliphatic heterocycles. The summed E-state index contributed by atoms with van der Waals surface area (Å²) in [7, 11) is 0.